The molecule has 0 unspecified atom stereocenters. The van der Waals surface area contributed by atoms with Crippen LogP contribution >= 0.6 is 22.7 Å². The van der Waals surface area contributed by atoms with Gasteiger partial charge in [0.15, 0.2) is 0 Å². The Morgan fingerprint density at radius 1 is 1.38 bits per heavy atom. The van der Waals surface area contributed by atoms with Gasteiger partial charge < -0.3 is 10.4 Å². The van der Waals surface area contributed by atoms with Crippen molar-refractivity contribution < 1.29 is 9.90 Å². The number of carbonyl (C=O) groups is 1. The predicted octanol–water partition coefficient (Wildman–Crippen LogP) is 3.69. The third-order valence-electron chi connectivity index (χ3n) is 4.80. The molecule has 5 nitrogen and oxygen atoms in total. The summed E-state index contributed by atoms with van der Waals surface area (Å²) in [5.41, 5.74) is 2.37. The van der Waals surface area contributed by atoms with Crippen molar-refractivity contribution in [1.29, 1.82) is 0 Å². The van der Waals surface area contributed by atoms with Gasteiger partial charge in [-0.15, -0.1) is 22.7 Å². The fourth-order valence-electron chi connectivity index (χ4n) is 3.47. The second-order valence-corrected chi connectivity index (χ2v) is 8.99. The number of nitrogens with zero attached hydrogens (tertiary/aromatic N) is 2. The van der Waals surface area contributed by atoms with Crippen molar-refractivity contribution >= 4 is 38.8 Å². The summed E-state index contributed by atoms with van der Waals surface area (Å²) in [7, 11) is 0. The first-order valence-electron chi connectivity index (χ1n) is 8.87. The molecule has 0 aliphatic heterocycles. The molecule has 1 amide bonds. The lowest BCUT2D eigenvalue weighted by molar-refractivity contribution is 0.0714. The van der Waals surface area contributed by atoms with Gasteiger partial charge in [0.2, 0.25) is 0 Å². The van der Waals surface area contributed by atoms with E-state index >= 15 is 0 Å². The number of aliphatic hydroxyl groups excluding tert-OH is 1. The molecule has 1 fully saturated rings. The number of pyridine rings is 1. The van der Waals surface area contributed by atoms with E-state index in [4.69, 9.17) is 0 Å². The number of hydrogen-bond donors (Lipinski definition) is 2. The lowest BCUT2D eigenvalue weighted by atomic mass is 9.92. The molecule has 2 N–H and O–H groups in total. The van der Waals surface area contributed by atoms with Crippen LogP contribution < -0.4 is 5.32 Å². The molecule has 0 aromatic carbocycles. The van der Waals surface area contributed by atoms with Crippen molar-refractivity contribution in [3.8, 4) is 0 Å². The number of nitrogens with one attached hydrogen (secondary N) is 1. The lowest BCUT2D eigenvalue weighted by Gasteiger charge is -2.28. The van der Waals surface area contributed by atoms with E-state index in [2.05, 4.69) is 15.3 Å². The molecular weight excluding hydrogens is 366 g/mol. The number of carbonyl (C=O) groups excluding carboxylic acids is 1. The molecule has 1 aliphatic rings. The Morgan fingerprint density at radius 3 is 3.00 bits per heavy atom. The van der Waals surface area contributed by atoms with Gasteiger partial charge in [-0.3, -0.25) is 4.79 Å². The minimum atomic E-state index is -0.461. The molecule has 1 aliphatic carbocycles. The predicted molar refractivity (Wildman–Crippen MR) is 105 cm³/mol. The van der Waals surface area contributed by atoms with Crippen LogP contribution in [-0.2, 0) is 6.42 Å². The number of hydrogen-bond acceptors (Lipinski definition) is 6. The SMILES string of the molecule is Cc1ncc(Cc2cc(C(=O)N[C@@H]3CCCC[C@H]3O)nc3ccsc23)s1. The molecule has 0 bridgehead atoms. The number of aliphatic hydroxyl groups is 1. The molecule has 136 valence electrons. The van der Waals surface area contributed by atoms with E-state index in [1.54, 1.807) is 22.7 Å². The molecular formula is C19H21N3O2S2. The van der Waals surface area contributed by atoms with E-state index in [1.807, 2.05) is 30.6 Å². The molecule has 3 aromatic rings. The number of aromatic nitrogens is 2. The smallest absolute Gasteiger partial charge is 0.270 e. The first-order valence-corrected chi connectivity index (χ1v) is 10.6. The van der Waals surface area contributed by atoms with Crippen LogP contribution in [0.25, 0.3) is 10.2 Å². The molecule has 1 saturated carbocycles. The molecule has 26 heavy (non-hydrogen) atoms. The van der Waals surface area contributed by atoms with E-state index in [-0.39, 0.29) is 11.9 Å². The Kier molecular flexibility index (Phi) is 5.02. The van der Waals surface area contributed by atoms with E-state index in [0.717, 1.165) is 52.9 Å². The zero-order valence-corrected chi connectivity index (χ0v) is 16.2. The van der Waals surface area contributed by atoms with Crippen molar-refractivity contribution in [2.24, 2.45) is 0 Å². The largest absolute Gasteiger partial charge is 0.391 e. The number of fused-ring (bicyclic) bond motifs is 1. The molecule has 4 rings (SSSR count). The summed E-state index contributed by atoms with van der Waals surface area (Å²) >= 11 is 3.32. The lowest BCUT2D eigenvalue weighted by Crippen LogP contribution is -2.45. The normalized spacial score (nSPS) is 20.4. The second-order valence-electron chi connectivity index (χ2n) is 6.76. The maximum absolute atomic E-state index is 12.7. The minimum Gasteiger partial charge on any atom is -0.391 e. The van der Waals surface area contributed by atoms with Crippen LogP contribution in [0.4, 0.5) is 0 Å². The minimum absolute atomic E-state index is 0.177. The highest BCUT2D eigenvalue weighted by molar-refractivity contribution is 7.17. The highest BCUT2D eigenvalue weighted by Crippen LogP contribution is 2.28. The summed E-state index contributed by atoms with van der Waals surface area (Å²) in [6.45, 7) is 2.00. The van der Waals surface area contributed by atoms with Crippen molar-refractivity contribution in [3.05, 3.63) is 44.9 Å². The van der Waals surface area contributed by atoms with Crippen LogP contribution in [0.15, 0.2) is 23.7 Å². The Hall–Kier alpha value is -1.83. The summed E-state index contributed by atoms with van der Waals surface area (Å²) in [6, 6.07) is 3.66. The van der Waals surface area contributed by atoms with Crippen LogP contribution in [0, 0.1) is 6.92 Å². The molecule has 0 saturated heterocycles. The Balaban J connectivity index is 1.61. The van der Waals surface area contributed by atoms with E-state index < -0.39 is 6.10 Å². The van der Waals surface area contributed by atoms with Gasteiger partial charge in [0, 0.05) is 17.5 Å². The van der Waals surface area contributed by atoms with E-state index in [9.17, 15) is 9.90 Å². The Morgan fingerprint density at radius 2 is 2.23 bits per heavy atom. The van der Waals surface area contributed by atoms with Crippen LogP contribution in [0.2, 0.25) is 0 Å². The summed E-state index contributed by atoms with van der Waals surface area (Å²) in [5.74, 6) is -0.203. The van der Waals surface area contributed by atoms with Gasteiger partial charge in [-0.05, 0) is 42.8 Å². The topological polar surface area (TPSA) is 75.1 Å². The Bertz CT molecular complexity index is 934. The quantitative estimate of drug-likeness (QED) is 0.716. The van der Waals surface area contributed by atoms with Crippen molar-refractivity contribution in [2.45, 2.75) is 51.2 Å². The zero-order chi connectivity index (χ0) is 18.1. The fourth-order valence-corrected chi connectivity index (χ4v) is 5.14. The van der Waals surface area contributed by atoms with Crippen LogP contribution in [-0.4, -0.2) is 33.1 Å². The van der Waals surface area contributed by atoms with E-state index in [0.29, 0.717) is 5.69 Å². The molecule has 3 aromatic heterocycles. The highest BCUT2D eigenvalue weighted by atomic mass is 32.1. The second kappa shape index (κ2) is 7.42. The number of thiophene rings is 1. The number of amides is 1. The van der Waals surface area contributed by atoms with Gasteiger partial charge in [-0.2, -0.15) is 0 Å². The maximum Gasteiger partial charge on any atom is 0.270 e. The zero-order valence-electron chi connectivity index (χ0n) is 14.6. The first kappa shape index (κ1) is 17.6. The molecule has 0 spiro atoms. The standard InChI is InChI=1S/C19H21N3O2S2/c1-11-20-10-13(26-11)8-12-9-16(21-15-6-7-25-18(12)15)19(24)22-14-4-2-3-5-17(14)23/h6-7,9-10,14,17,23H,2-5,8H2,1H3,(H,22,24)/t14-,17-/m1/s1. The number of thiazole rings is 1. The Labute approximate surface area is 160 Å². The van der Waals surface area contributed by atoms with E-state index in [1.165, 1.54) is 4.88 Å². The fraction of sp³-hybridized carbons (Fsp3) is 0.421. The molecule has 0 radical (unpaired) electrons. The van der Waals surface area contributed by atoms with Gasteiger partial charge in [-0.25, -0.2) is 9.97 Å². The van der Waals surface area contributed by atoms with Crippen molar-refractivity contribution in [2.75, 3.05) is 0 Å². The van der Waals surface area contributed by atoms with Crippen molar-refractivity contribution in [1.82, 2.24) is 15.3 Å². The van der Waals surface area contributed by atoms with Crippen LogP contribution in [0.3, 0.4) is 0 Å². The summed E-state index contributed by atoms with van der Waals surface area (Å²) in [5, 5.41) is 16.1. The van der Waals surface area contributed by atoms with Crippen LogP contribution in [0.5, 0.6) is 0 Å². The van der Waals surface area contributed by atoms with Crippen LogP contribution in [0.1, 0.15) is 51.6 Å². The van der Waals surface area contributed by atoms with Gasteiger partial charge in [-0.1, -0.05) is 12.8 Å². The maximum atomic E-state index is 12.7. The van der Waals surface area contributed by atoms with Gasteiger partial charge in [0.05, 0.1) is 27.4 Å². The average molecular weight is 388 g/mol. The molecule has 3 heterocycles. The van der Waals surface area contributed by atoms with Gasteiger partial charge >= 0.3 is 0 Å². The van der Waals surface area contributed by atoms with Gasteiger partial charge in [0.25, 0.3) is 5.91 Å². The summed E-state index contributed by atoms with van der Waals surface area (Å²) < 4.78 is 1.12. The highest BCUT2D eigenvalue weighted by Gasteiger charge is 2.25. The molecule has 7 heteroatoms. The first-order chi connectivity index (χ1) is 12.6. The third-order valence-corrected chi connectivity index (χ3v) is 6.69. The van der Waals surface area contributed by atoms with Gasteiger partial charge in [0.1, 0.15) is 5.69 Å². The summed E-state index contributed by atoms with van der Waals surface area (Å²) in [6.07, 6.45) is 5.81. The number of aryl methyl sites for hydroxylation is 1. The third kappa shape index (κ3) is 3.65. The molecule has 2 atom stereocenters. The average Bonchev–Trinajstić information content (AvgIpc) is 3.25. The summed E-state index contributed by atoms with van der Waals surface area (Å²) in [4.78, 5) is 22.8. The van der Waals surface area contributed by atoms with Crippen molar-refractivity contribution in [3.63, 3.8) is 0 Å². The monoisotopic (exact) mass is 387 g/mol. The number of rotatable bonds is 4.